The molecule has 24 heavy (non-hydrogen) atoms. The third-order valence-electron chi connectivity index (χ3n) is 2.75. The first kappa shape index (κ1) is 18.7. The maximum atomic E-state index is 10.2. The highest BCUT2D eigenvalue weighted by molar-refractivity contribution is 5.85. The Hall–Kier alpha value is -3.34. The molecule has 2 aromatic rings. The van der Waals surface area contributed by atoms with Crippen LogP contribution in [0, 0.1) is 0 Å². The highest BCUT2D eigenvalue weighted by Crippen LogP contribution is 2.11. The lowest BCUT2D eigenvalue weighted by molar-refractivity contribution is -0.132. The number of methoxy groups -OCH3 is 1. The Bertz CT molecular complexity index is 700. The second kappa shape index (κ2) is 10.4. The lowest BCUT2D eigenvalue weighted by Crippen LogP contribution is -1.86. The first-order valence-electron chi connectivity index (χ1n) is 7.02. The van der Waals surface area contributed by atoms with Gasteiger partial charge in [-0.1, -0.05) is 42.5 Å². The first-order valence-corrected chi connectivity index (χ1v) is 7.02. The summed E-state index contributed by atoms with van der Waals surface area (Å²) in [7, 11) is 1.59. The molecule has 124 valence electrons. The fourth-order valence-electron chi connectivity index (χ4n) is 1.61. The van der Waals surface area contributed by atoms with Crippen molar-refractivity contribution in [2.24, 2.45) is 0 Å². The van der Waals surface area contributed by atoms with Crippen LogP contribution in [0.2, 0.25) is 0 Å². The summed E-state index contributed by atoms with van der Waals surface area (Å²) in [5.41, 5.74) is 1.73. The van der Waals surface area contributed by atoms with Gasteiger partial charge < -0.3 is 14.9 Å². The normalized spacial score (nSPS) is 10.2. The van der Waals surface area contributed by atoms with Crippen LogP contribution in [0.25, 0.3) is 12.2 Å². The SMILES string of the molecule is COc1ccc(C=CC(=O)O)cc1.O=C(O)C=Cc1ccccc1. The molecule has 5 nitrogen and oxygen atoms in total. The minimum atomic E-state index is -0.948. The molecule has 0 radical (unpaired) electrons. The number of benzene rings is 2. The van der Waals surface area contributed by atoms with Gasteiger partial charge in [-0.2, -0.15) is 0 Å². The molecule has 0 bridgehead atoms. The molecule has 5 heteroatoms. The van der Waals surface area contributed by atoms with Gasteiger partial charge in [-0.3, -0.25) is 0 Å². The largest absolute Gasteiger partial charge is 0.497 e. The molecule has 0 spiro atoms. The molecule has 0 unspecified atom stereocenters. The molecule has 0 saturated carbocycles. The summed E-state index contributed by atoms with van der Waals surface area (Å²) in [6, 6.07) is 16.4. The van der Waals surface area contributed by atoms with E-state index < -0.39 is 11.9 Å². The number of hydrogen-bond acceptors (Lipinski definition) is 3. The maximum absolute atomic E-state index is 10.2. The van der Waals surface area contributed by atoms with E-state index >= 15 is 0 Å². The van der Waals surface area contributed by atoms with Crippen molar-refractivity contribution in [3.8, 4) is 5.75 Å². The van der Waals surface area contributed by atoms with Crippen molar-refractivity contribution in [1.29, 1.82) is 0 Å². The maximum Gasteiger partial charge on any atom is 0.328 e. The van der Waals surface area contributed by atoms with Crippen LogP contribution in [0.1, 0.15) is 11.1 Å². The number of hydrogen-bond donors (Lipinski definition) is 2. The van der Waals surface area contributed by atoms with E-state index in [4.69, 9.17) is 14.9 Å². The van der Waals surface area contributed by atoms with Crippen molar-refractivity contribution in [1.82, 2.24) is 0 Å². The molecule has 2 N–H and O–H groups in total. The summed E-state index contributed by atoms with van der Waals surface area (Å²) >= 11 is 0. The molecule has 0 saturated heterocycles. The second-order valence-electron chi connectivity index (χ2n) is 4.53. The molecule has 0 atom stereocenters. The topological polar surface area (TPSA) is 83.8 Å². The molecule has 2 aromatic carbocycles. The lowest BCUT2D eigenvalue weighted by atomic mass is 10.2. The average molecular weight is 326 g/mol. The van der Waals surface area contributed by atoms with Crippen molar-refractivity contribution in [2.75, 3.05) is 7.11 Å². The van der Waals surface area contributed by atoms with Gasteiger partial charge in [0.1, 0.15) is 5.75 Å². The van der Waals surface area contributed by atoms with Crippen LogP contribution in [0.3, 0.4) is 0 Å². The fraction of sp³-hybridized carbons (Fsp3) is 0.0526. The number of ether oxygens (including phenoxy) is 1. The van der Waals surface area contributed by atoms with Crippen LogP contribution in [-0.2, 0) is 9.59 Å². The predicted molar refractivity (Wildman–Crippen MR) is 92.8 cm³/mol. The van der Waals surface area contributed by atoms with Gasteiger partial charge in [0.2, 0.25) is 0 Å². The minimum Gasteiger partial charge on any atom is -0.497 e. The summed E-state index contributed by atoms with van der Waals surface area (Å²) in [4.78, 5) is 20.3. The zero-order valence-corrected chi connectivity index (χ0v) is 13.1. The highest BCUT2D eigenvalue weighted by atomic mass is 16.5. The van der Waals surface area contributed by atoms with Crippen LogP contribution >= 0.6 is 0 Å². The van der Waals surface area contributed by atoms with Crippen molar-refractivity contribution in [3.63, 3.8) is 0 Å². The zero-order valence-electron chi connectivity index (χ0n) is 13.1. The van der Waals surface area contributed by atoms with Crippen molar-refractivity contribution in [3.05, 3.63) is 77.9 Å². The molecule has 0 aliphatic carbocycles. The van der Waals surface area contributed by atoms with Crippen molar-refractivity contribution >= 4 is 24.1 Å². The average Bonchev–Trinajstić information content (AvgIpc) is 2.60. The highest BCUT2D eigenvalue weighted by Gasteiger charge is 1.91. The number of rotatable bonds is 5. The molecular weight excluding hydrogens is 308 g/mol. The molecule has 0 aliphatic heterocycles. The molecule has 0 amide bonds. The summed E-state index contributed by atoms with van der Waals surface area (Å²) < 4.78 is 4.95. The Morgan fingerprint density at radius 2 is 1.25 bits per heavy atom. The molecule has 0 aromatic heterocycles. The first-order chi connectivity index (χ1) is 11.5. The van der Waals surface area contributed by atoms with Gasteiger partial charge in [0.05, 0.1) is 7.11 Å². The van der Waals surface area contributed by atoms with Gasteiger partial charge in [-0.25, -0.2) is 9.59 Å². The number of carbonyl (C=O) groups is 2. The van der Waals surface area contributed by atoms with Gasteiger partial charge in [-0.05, 0) is 35.4 Å². The van der Waals surface area contributed by atoms with E-state index in [-0.39, 0.29) is 0 Å². The van der Waals surface area contributed by atoms with Crippen LogP contribution in [-0.4, -0.2) is 29.3 Å². The molecule has 0 fully saturated rings. The van der Waals surface area contributed by atoms with Crippen LogP contribution < -0.4 is 4.74 Å². The Balaban J connectivity index is 0.000000243. The van der Waals surface area contributed by atoms with E-state index in [1.165, 1.54) is 6.08 Å². The van der Waals surface area contributed by atoms with Gasteiger partial charge in [0.15, 0.2) is 0 Å². The third-order valence-corrected chi connectivity index (χ3v) is 2.75. The predicted octanol–water partition coefficient (Wildman–Crippen LogP) is 3.58. The Labute approximate surface area is 140 Å². The van der Waals surface area contributed by atoms with Crippen LogP contribution in [0.5, 0.6) is 5.75 Å². The number of carboxylic acid groups (broad SMARTS) is 2. The van der Waals surface area contributed by atoms with E-state index in [0.717, 1.165) is 29.0 Å². The summed E-state index contributed by atoms with van der Waals surface area (Å²) in [6.45, 7) is 0. The van der Waals surface area contributed by atoms with E-state index in [9.17, 15) is 9.59 Å². The molecule has 0 heterocycles. The van der Waals surface area contributed by atoms with E-state index in [2.05, 4.69) is 0 Å². The van der Waals surface area contributed by atoms with Crippen LogP contribution in [0.15, 0.2) is 66.7 Å². The lowest BCUT2D eigenvalue weighted by Gasteiger charge is -1.98. The summed E-state index contributed by atoms with van der Waals surface area (Å²) in [6.07, 6.45) is 5.31. The smallest absolute Gasteiger partial charge is 0.328 e. The number of aliphatic carboxylic acids is 2. The van der Waals surface area contributed by atoms with Crippen LogP contribution in [0.4, 0.5) is 0 Å². The van der Waals surface area contributed by atoms with Gasteiger partial charge >= 0.3 is 11.9 Å². The summed E-state index contributed by atoms with van der Waals surface area (Å²) in [5, 5.41) is 16.7. The van der Waals surface area contributed by atoms with Crippen molar-refractivity contribution < 1.29 is 24.5 Å². The Kier molecular flexibility index (Phi) is 8.10. The van der Waals surface area contributed by atoms with Gasteiger partial charge in [0, 0.05) is 12.2 Å². The van der Waals surface area contributed by atoms with E-state index in [1.54, 1.807) is 37.5 Å². The molecule has 2 rings (SSSR count). The van der Waals surface area contributed by atoms with E-state index in [1.807, 2.05) is 30.3 Å². The molecule has 0 aliphatic rings. The van der Waals surface area contributed by atoms with E-state index in [0.29, 0.717) is 0 Å². The third kappa shape index (κ3) is 8.19. The Morgan fingerprint density at radius 1 is 0.792 bits per heavy atom. The van der Waals surface area contributed by atoms with Gasteiger partial charge in [0.25, 0.3) is 0 Å². The zero-order chi connectivity index (χ0) is 17.8. The monoisotopic (exact) mass is 326 g/mol. The van der Waals surface area contributed by atoms with Gasteiger partial charge in [-0.15, -0.1) is 0 Å². The minimum absolute atomic E-state index is 0.757. The number of carboxylic acids is 2. The van der Waals surface area contributed by atoms with Crippen molar-refractivity contribution in [2.45, 2.75) is 0 Å². The molecular formula is C19H18O5. The summed E-state index contributed by atoms with van der Waals surface area (Å²) in [5.74, 6) is -1.11. The Morgan fingerprint density at radius 3 is 1.67 bits per heavy atom. The second-order valence-corrected chi connectivity index (χ2v) is 4.53. The standard InChI is InChI=1S/C10H10O3.C9H8O2/c1-13-9-5-2-8(3-6-9)4-7-10(11)12;10-9(11)7-6-8-4-2-1-3-5-8/h2-7H,1H3,(H,11,12);1-7H,(H,10,11). The quantitative estimate of drug-likeness (QED) is 0.821. The fourth-order valence-corrected chi connectivity index (χ4v) is 1.61.